The van der Waals surface area contributed by atoms with Gasteiger partial charge in [0.15, 0.2) is 0 Å². The average Bonchev–Trinajstić information content (AvgIpc) is 2.46. The Kier molecular flexibility index (Phi) is 8.18. The number of carbonyl (C=O) groups is 1. The number of carbonyl (C=O) groups excluding carboxylic acids is 1. The molecule has 3 nitrogen and oxygen atoms in total. The minimum Gasteiger partial charge on any atom is -0.352 e. The quantitative estimate of drug-likeness (QED) is 0.748. The van der Waals surface area contributed by atoms with Crippen LogP contribution in [0.3, 0.4) is 0 Å². The molecule has 3 heteroatoms. The average molecular weight is 304 g/mol. The van der Waals surface area contributed by atoms with E-state index in [1.807, 2.05) is 6.07 Å². The molecule has 1 atom stereocenters. The first kappa shape index (κ1) is 18.7. The third kappa shape index (κ3) is 6.61. The van der Waals surface area contributed by atoms with Crippen molar-refractivity contribution in [1.82, 2.24) is 10.2 Å². The van der Waals surface area contributed by atoms with Gasteiger partial charge >= 0.3 is 0 Å². The Hall–Kier alpha value is -1.35. The first-order valence-corrected chi connectivity index (χ1v) is 8.47. The largest absolute Gasteiger partial charge is 0.352 e. The number of hydrogen-bond acceptors (Lipinski definition) is 2. The summed E-state index contributed by atoms with van der Waals surface area (Å²) in [6.45, 7) is 10.2. The molecule has 0 bridgehead atoms. The van der Waals surface area contributed by atoms with E-state index in [9.17, 15) is 4.79 Å². The summed E-state index contributed by atoms with van der Waals surface area (Å²) in [5.41, 5.74) is 2.51. The van der Waals surface area contributed by atoms with E-state index >= 15 is 0 Å². The summed E-state index contributed by atoms with van der Waals surface area (Å²) in [6, 6.07) is 8.88. The Morgan fingerprint density at radius 1 is 1.18 bits per heavy atom. The monoisotopic (exact) mass is 304 g/mol. The zero-order valence-electron chi connectivity index (χ0n) is 14.9. The van der Waals surface area contributed by atoms with Crippen molar-refractivity contribution in [3.05, 3.63) is 35.4 Å². The molecule has 0 saturated carbocycles. The second-order valence-electron chi connectivity index (χ2n) is 6.65. The van der Waals surface area contributed by atoms with Crippen molar-refractivity contribution in [3.8, 4) is 0 Å². The van der Waals surface area contributed by atoms with Crippen LogP contribution in [0.5, 0.6) is 0 Å². The van der Waals surface area contributed by atoms with Crippen molar-refractivity contribution in [2.45, 2.75) is 66.1 Å². The minimum absolute atomic E-state index is 0.160. The van der Waals surface area contributed by atoms with Crippen molar-refractivity contribution in [1.29, 1.82) is 0 Å². The fraction of sp³-hybridized carbons (Fsp3) is 0.632. The molecule has 0 saturated heterocycles. The molecule has 0 aliphatic carbocycles. The van der Waals surface area contributed by atoms with Gasteiger partial charge in [0.1, 0.15) is 0 Å². The van der Waals surface area contributed by atoms with Gasteiger partial charge in [0, 0.05) is 25.6 Å². The fourth-order valence-electron chi connectivity index (χ4n) is 2.51. The lowest BCUT2D eigenvalue weighted by atomic mass is 10.0. The van der Waals surface area contributed by atoms with Gasteiger partial charge in [0.05, 0.1) is 0 Å². The summed E-state index contributed by atoms with van der Waals surface area (Å²) in [6.07, 6.45) is 2.88. The first-order chi connectivity index (χ1) is 10.4. The minimum atomic E-state index is 0.160. The zero-order chi connectivity index (χ0) is 16.5. The Morgan fingerprint density at radius 2 is 1.82 bits per heavy atom. The first-order valence-electron chi connectivity index (χ1n) is 8.47. The van der Waals surface area contributed by atoms with Crippen LogP contribution in [0.15, 0.2) is 24.3 Å². The van der Waals surface area contributed by atoms with Crippen molar-refractivity contribution >= 4 is 5.91 Å². The molecule has 0 aromatic heterocycles. The van der Waals surface area contributed by atoms with Crippen molar-refractivity contribution in [3.63, 3.8) is 0 Å². The molecule has 1 aromatic carbocycles. The molecule has 1 unspecified atom stereocenters. The molecule has 0 spiro atoms. The van der Waals surface area contributed by atoms with Crippen molar-refractivity contribution in [2.75, 3.05) is 7.05 Å². The number of amides is 1. The van der Waals surface area contributed by atoms with E-state index in [4.69, 9.17) is 0 Å². The molecular weight excluding hydrogens is 272 g/mol. The molecule has 1 rings (SSSR count). The maximum Gasteiger partial charge on any atom is 0.220 e. The zero-order valence-corrected chi connectivity index (χ0v) is 14.9. The highest BCUT2D eigenvalue weighted by atomic mass is 16.1. The van der Waals surface area contributed by atoms with Crippen LogP contribution in [0, 0.1) is 5.92 Å². The number of nitrogens with one attached hydrogen (secondary N) is 1. The predicted octanol–water partition coefficient (Wildman–Crippen LogP) is 3.97. The Bertz CT molecular complexity index is 457. The highest BCUT2D eigenvalue weighted by molar-refractivity contribution is 5.76. The third-order valence-corrected chi connectivity index (χ3v) is 4.21. The summed E-state index contributed by atoms with van der Waals surface area (Å²) in [7, 11) is 2.13. The summed E-state index contributed by atoms with van der Waals surface area (Å²) in [5.74, 6) is 0.625. The van der Waals surface area contributed by atoms with E-state index in [1.165, 1.54) is 11.1 Å². The SMILES string of the molecule is CCCC(C)CC(=O)NCc1ccccc1CN(C)C(C)C. The molecular formula is C19H32N2O. The number of hydrogen-bond donors (Lipinski definition) is 1. The van der Waals surface area contributed by atoms with Crippen LogP contribution in [-0.4, -0.2) is 23.9 Å². The number of benzene rings is 1. The molecule has 0 radical (unpaired) electrons. The second kappa shape index (κ2) is 9.62. The van der Waals surface area contributed by atoms with Gasteiger partial charge in [-0.2, -0.15) is 0 Å². The van der Waals surface area contributed by atoms with Crippen LogP contribution in [0.1, 0.15) is 58.1 Å². The normalized spacial score (nSPS) is 12.7. The smallest absolute Gasteiger partial charge is 0.220 e. The highest BCUT2D eigenvalue weighted by Crippen LogP contribution is 2.13. The fourth-order valence-corrected chi connectivity index (χ4v) is 2.51. The molecule has 1 aromatic rings. The van der Waals surface area contributed by atoms with E-state index in [0.717, 1.165) is 19.4 Å². The maximum absolute atomic E-state index is 12.0. The summed E-state index contributed by atoms with van der Waals surface area (Å²) in [5, 5.41) is 3.07. The molecule has 0 heterocycles. The van der Waals surface area contributed by atoms with E-state index < -0.39 is 0 Å². The van der Waals surface area contributed by atoms with Gasteiger partial charge in [-0.05, 0) is 37.9 Å². The van der Waals surface area contributed by atoms with Crippen molar-refractivity contribution < 1.29 is 4.79 Å². The number of nitrogens with zero attached hydrogens (tertiary/aromatic N) is 1. The molecule has 124 valence electrons. The van der Waals surface area contributed by atoms with Crippen LogP contribution < -0.4 is 5.32 Å². The molecule has 1 N–H and O–H groups in total. The molecule has 1 amide bonds. The van der Waals surface area contributed by atoms with E-state index in [2.05, 4.69) is 63.2 Å². The third-order valence-electron chi connectivity index (χ3n) is 4.21. The van der Waals surface area contributed by atoms with Gasteiger partial charge in [-0.1, -0.05) is 51.0 Å². The van der Waals surface area contributed by atoms with Crippen molar-refractivity contribution in [2.24, 2.45) is 5.92 Å². The standard InChI is InChI=1S/C19H32N2O/c1-6-9-16(4)12-19(22)20-13-17-10-7-8-11-18(17)14-21(5)15(2)3/h7-8,10-11,15-16H,6,9,12-14H2,1-5H3,(H,20,22). The lowest BCUT2D eigenvalue weighted by Gasteiger charge is -2.22. The topological polar surface area (TPSA) is 32.3 Å². The van der Waals surface area contributed by atoms with Gasteiger partial charge < -0.3 is 5.32 Å². The molecule has 0 aliphatic heterocycles. The van der Waals surface area contributed by atoms with Gasteiger partial charge in [-0.3, -0.25) is 9.69 Å². The maximum atomic E-state index is 12.0. The lowest BCUT2D eigenvalue weighted by molar-refractivity contribution is -0.122. The molecule has 22 heavy (non-hydrogen) atoms. The molecule has 0 fully saturated rings. The number of rotatable bonds is 9. The van der Waals surface area contributed by atoms with Crippen LogP contribution in [-0.2, 0) is 17.9 Å². The Balaban J connectivity index is 2.57. The second-order valence-corrected chi connectivity index (χ2v) is 6.65. The van der Waals surface area contributed by atoms with Crippen LogP contribution in [0.2, 0.25) is 0 Å². The van der Waals surface area contributed by atoms with Gasteiger partial charge in [0.2, 0.25) is 5.91 Å². The lowest BCUT2D eigenvalue weighted by Crippen LogP contribution is -2.28. The van der Waals surface area contributed by atoms with Gasteiger partial charge in [-0.25, -0.2) is 0 Å². The summed E-state index contributed by atoms with van der Waals surface area (Å²) >= 11 is 0. The molecule has 0 aliphatic rings. The predicted molar refractivity (Wildman–Crippen MR) is 93.6 cm³/mol. The van der Waals surface area contributed by atoms with Gasteiger partial charge in [-0.15, -0.1) is 0 Å². The van der Waals surface area contributed by atoms with E-state index in [-0.39, 0.29) is 5.91 Å². The van der Waals surface area contributed by atoms with E-state index in [1.54, 1.807) is 0 Å². The Labute approximate surface area is 136 Å². The van der Waals surface area contributed by atoms with Crippen LogP contribution in [0.4, 0.5) is 0 Å². The van der Waals surface area contributed by atoms with Crippen LogP contribution >= 0.6 is 0 Å². The van der Waals surface area contributed by atoms with Crippen LogP contribution in [0.25, 0.3) is 0 Å². The highest BCUT2D eigenvalue weighted by Gasteiger charge is 2.11. The summed E-state index contributed by atoms with van der Waals surface area (Å²) < 4.78 is 0. The van der Waals surface area contributed by atoms with Gasteiger partial charge in [0.25, 0.3) is 0 Å². The Morgan fingerprint density at radius 3 is 2.41 bits per heavy atom. The van der Waals surface area contributed by atoms with E-state index in [0.29, 0.717) is 24.9 Å². The summed E-state index contributed by atoms with van der Waals surface area (Å²) in [4.78, 5) is 14.3.